The molecule has 1 fully saturated rings. The molecule has 2 N–H and O–H groups in total. The molecule has 220 valence electrons. The minimum atomic E-state index is -1.26. The van der Waals surface area contributed by atoms with E-state index in [1.807, 2.05) is 0 Å². The Hall–Kier alpha value is -4.37. The predicted octanol–water partition coefficient (Wildman–Crippen LogP) is 5.34. The summed E-state index contributed by atoms with van der Waals surface area (Å²) in [7, 11) is 0. The minimum Gasteiger partial charge on any atom is -0.445 e. The number of nitrogens with one attached hydrogen (secondary N) is 2. The van der Waals surface area contributed by atoms with Crippen molar-refractivity contribution in [1.82, 2.24) is 20.4 Å². The normalized spacial score (nSPS) is 17.5. The molecule has 9 nitrogen and oxygen atoms in total. The maximum Gasteiger partial charge on any atom is 0.307 e. The van der Waals surface area contributed by atoms with Crippen LogP contribution in [0.5, 0.6) is 11.5 Å². The zero-order valence-corrected chi connectivity index (χ0v) is 23.9. The van der Waals surface area contributed by atoms with Gasteiger partial charge in [-0.05, 0) is 70.9 Å². The largest absolute Gasteiger partial charge is 0.445 e. The number of aromatic nitrogens is 2. The summed E-state index contributed by atoms with van der Waals surface area (Å²) in [6.45, 7) is 6.23. The molecule has 1 aliphatic rings. The van der Waals surface area contributed by atoms with E-state index in [1.54, 1.807) is 13.8 Å². The molecule has 13 heteroatoms. The first kappa shape index (κ1) is 30.6. The van der Waals surface area contributed by atoms with Crippen molar-refractivity contribution >= 4 is 23.4 Å². The smallest absolute Gasteiger partial charge is 0.307 e. The number of ether oxygens (including phenoxy) is 1. The molecule has 0 spiro atoms. The molecule has 0 saturated carbocycles. The van der Waals surface area contributed by atoms with Crippen molar-refractivity contribution in [3.8, 4) is 17.6 Å². The summed E-state index contributed by atoms with van der Waals surface area (Å²) in [5, 5.41) is 18.3. The number of carbonyl (C=O) groups is 2. The van der Waals surface area contributed by atoms with Gasteiger partial charge in [-0.2, -0.15) is 10.4 Å². The lowest BCUT2D eigenvalue weighted by Crippen LogP contribution is -2.52. The molecule has 4 rings (SSSR count). The zero-order chi connectivity index (χ0) is 30.9. The summed E-state index contributed by atoms with van der Waals surface area (Å²) < 4.78 is 49.6. The van der Waals surface area contributed by atoms with Crippen molar-refractivity contribution in [2.75, 3.05) is 0 Å². The van der Waals surface area contributed by atoms with Gasteiger partial charge in [0, 0.05) is 22.2 Å². The number of rotatable bonds is 7. The topological polar surface area (TPSA) is 128 Å². The number of aryl methyl sites for hydroxylation is 1. The van der Waals surface area contributed by atoms with Gasteiger partial charge in [0.1, 0.15) is 11.9 Å². The molecular weight excluding hydrogens is 575 g/mol. The van der Waals surface area contributed by atoms with Crippen LogP contribution in [0.3, 0.4) is 0 Å². The Labute approximate surface area is 244 Å². The van der Waals surface area contributed by atoms with Crippen molar-refractivity contribution in [1.29, 1.82) is 5.26 Å². The molecule has 1 saturated heterocycles. The number of halogens is 4. The average Bonchev–Trinajstić information content (AvgIpc) is 3.39. The highest BCUT2D eigenvalue weighted by Crippen LogP contribution is 2.44. The lowest BCUT2D eigenvalue weighted by molar-refractivity contribution is -0.137. The Kier molecular flexibility index (Phi) is 8.63. The molecule has 1 aromatic heterocycles. The van der Waals surface area contributed by atoms with E-state index in [2.05, 4.69) is 21.6 Å². The van der Waals surface area contributed by atoms with Gasteiger partial charge in [-0.25, -0.2) is 18.3 Å². The molecule has 1 unspecified atom stereocenters. The Morgan fingerprint density at radius 2 is 1.83 bits per heavy atom. The molecule has 3 atom stereocenters. The Balaban J connectivity index is 1.58. The first-order valence-electron chi connectivity index (χ1n) is 13.0. The van der Waals surface area contributed by atoms with E-state index in [0.717, 1.165) is 0 Å². The van der Waals surface area contributed by atoms with Crippen LogP contribution in [0.2, 0.25) is 5.02 Å². The fourth-order valence-electron chi connectivity index (χ4n) is 5.00. The van der Waals surface area contributed by atoms with Crippen LogP contribution in [0.25, 0.3) is 0 Å². The van der Waals surface area contributed by atoms with E-state index >= 15 is 0 Å². The first-order chi connectivity index (χ1) is 19.7. The third-order valence-corrected chi connectivity index (χ3v) is 7.40. The van der Waals surface area contributed by atoms with E-state index < -0.39 is 75.4 Å². The summed E-state index contributed by atoms with van der Waals surface area (Å²) in [5.41, 5.74) is -1.78. The number of likely N-dealkylation sites (tertiary alicyclic amines) is 1. The summed E-state index contributed by atoms with van der Waals surface area (Å²) in [6, 6.07) is 6.17. The highest BCUT2D eigenvalue weighted by Gasteiger charge is 2.47. The van der Waals surface area contributed by atoms with Gasteiger partial charge in [0.05, 0.1) is 29.3 Å². The first-order valence-corrected chi connectivity index (χ1v) is 13.3. The van der Waals surface area contributed by atoms with Gasteiger partial charge < -0.3 is 15.0 Å². The number of amides is 2. The molecule has 1 aliphatic heterocycles. The van der Waals surface area contributed by atoms with Crippen LogP contribution in [0.4, 0.5) is 13.2 Å². The number of benzene rings is 2. The van der Waals surface area contributed by atoms with Crippen LogP contribution >= 0.6 is 11.6 Å². The summed E-state index contributed by atoms with van der Waals surface area (Å²) in [4.78, 5) is 40.0. The Morgan fingerprint density at radius 1 is 1.17 bits per heavy atom. The van der Waals surface area contributed by atoms with Gasteiger partial charge in [-0.1, -0.05) is 11.6 Å². The third kappa shape index (κ3) is 6.11. The molecule has 2 heterocycles. The molecule has 0 radical (unpaired) electrons. The summed E-state index contributed by atoms with van der Waals surface area (Å²) >= 11 is 6.10. The monoisotopic (exact) mass is 601 g/mol. The number of hydrogen-bond donors (Lipinski definition) is 2. The number of nitrogens with zero attached hydrogens (tertiary/aromatic N) is 3. The maximum absolute atomic E-state index is 14.8. The van der Waals surface area contributed by atoms with Crippen molar-refractivity contribution < 1.29 is 27.5 Å². The van der Waals surface area contributed by atoms with E-state index in [4.69, 9.17) is 16.3 Å². The third-order valence-electron chi connectivity index (χ3n) is 7.17. The van der Waals surface area contributed by atoms with Crippen LogP contribution in [-0.4, -0.2) is 39.0 Å². The van der Waals surface area contributed by atoms with E-state index in [1.165, 1.54) is 43.0 Å². The van der Waals surface area contributed by atoms with Crippen LogP contribution in [-0.2, 0) is 4.79 Å². The van der Waals surface area contributed by atoms with Gasteiger partial charge in [-0.15, -0.1) is 0 Å². The molecule has 0 bridgehead atoms. The predicted molar refractivity (Wildman–Crippen MR) is 146 cm³/mol. The van der Waals surface area contributed by atoms with Gasteiger partial charge in [-0.3, -0.25) is 14.4 Å². The van der Waals surface area contributed by atoms with Gasteiger partial charge in [0.15, 0.2) is 23.1 Å². The second kappa shape index (κ2) is 11.9. The van der Waals surface area contributed by atoms with Crippen LogP contribution in [0, 0.1) is 41.1 Å². The number of carbonyl (C=O) groups excluding carboxylic acids is 2. The van der Waals surface area contributed by atoms with Crippen molar-refractivity contribution in [3.05, 3.63) is 86.0 Å². The van der Waals surface area contributed by atoms with E-state index in [9.17, 15) is 32.8 Å². The molecule has 0 aliphatic carbocycles. The van der Waals surface area contributed by atoms with Crippen LogP contribution in [0.1, 0.15) is 61.3 Å². The fourth-order valence-corrected chi connectivity index (χ4v) is 5.18. The minimum absolute atomic E-state index is 0.175. The SMILES string of the molecule is Cc1cc(Oc2c(F)cc(C(=O)NC(C)C(=O)N3[C@H](c4cc(Cl)ccc4F)CC[C@@H]3C(C)(C)C#N)cc2F)c(=O)[nH]n1. The number of H-pyrrole nitrogens is 1. The second-order valence-electron chi connectivity index (χ2n) is 10.6. The lowest BCUT2D eigenvalue weighted by Gasteiger charge is -2.38. The maximum atomic E-state index is 14.8. The lowest BCUT2D eigenvalue weighted by atomic mass is 9.84. The van der Waals surface area contributed by atoms with Gasteiger partial charge in [0.25, 0.3) is 5.91 Å². The molecule has 3 aromatic rings. The van der Waals surface area contributed by atoms with Crippen molar-refractivity contribution in [3.63, 3.8) is 0 Å². The van der Waals surface area contributed by atoms with Crippen LogP contribution in [0.15, 0.2) is 41.2 Å². The fraction of sp³-hybridized carbons (Fsp3) is 0.345. The summed E-state index contributed by atoms with van der Waals surface area (Å²) in [5.74, 6) is -6.00. The van der Waals surface area contributed by atoms with Crippen LogP contribution < -0.4 is 15.6 Å². The standard InChI is InChI=1S/C29H27ClF3N5O4/c1-14-9-23(27(40)37-36-14)42-25-20(32)10-16(11-21(25)33)26(39)35-15(2)28(41)38-22(7-8-24(38)29(3,4)13-34)18-12-17(30)5-6-19(18)31/h5-6,9-12,15,22,24H,7-8H2,1-4H3,(H,35,39)(H,37,40)/t15?,22-,24+/m0/s1. The Bertz CT molecular complexity index is 1630. The molecule has 42 heavy (non-hydrogen) atoms. The van der Waals surface area contributed by atoms with E-state index in [-0.39, 0.29) is 10.6 Å². The Morgan fingerprint density at radius 3 is 2.48 bits per heavy atom. The molecule has 2 amide bonds. The van der Waals surface area contributed by atoms with Gasteiger partial charge >= 0.3 is 5.56 Å². The average molecular weight is 602 g/mol. The summed E-state index contributed by atoms with van der Waals surface area (Å²) in [6.07, 6.45) is 0.735. The molecular formula is C29H27ClF3N5O4. The zero-order valence-electron chi connectivity index (χ0n) is 23.1. The second-order valence-corrected chi connectivity index (χ2v) is 11.1. The van der Waals surface area contributed by atoms with Crippen molar-refractivity contribution in [2.45, 2.75) is 58.7 Å². The highest BCUT2D eigenvalue weighted by molar-refractivity contribution is 6.30. The van der Waals surface area contributed by atoms with Crippen molar-refractivity contribution in [2.24, 2.45) is 5.41 Å². The number of hydrogen-bond acceptors (Lipinski definition) is 6. The number of aromatic amines is 1. The van der Waals surface area contributed by atoms with E-state index in [0.29, 0.717) is 30.7 Å². The molecule has 2 aromatic carbocycles. The highest BCUT2D eigenvalue weighted by atomic mass is 35.5. The quantitative estimate of drug-likeness (QED) is 0.376. The van der Waals surface area contributed by atoms with Gasteiger partial charge in [0.2, 0.25) is 5.91 Å². The number of nitriles is 1.